The molecule has 2 aromatic rings. The lowest BCUT2D eigenvalue weighted by Gasteiger charge is -2.42. The van der Waals surface area contributed by atoms with Crippen LogP contribution in [0.2, 0.25) is 0 Å². The van der Waals surface area contributed by atoms with E-state index in [0.717, 1.165) is 30.0 Å². The Labute approximate surface area is 147 Å². The zero-order chi connectivity index (χ0) is 17.4. The van der Waals surface area contributed by atoms with E-state index in [4.69, 9.17) is 9.47 Å². The fourth-order valence-electron chi connectivity index (χ4n) is 3.85. The van der Waals surface area contributed by atoms with Gasteiger partial charge in [0.15, 0.2) is 17.3 Å². The quantitative estimate of drug-likeness (QED) is 0.859. The number of hydrogen-bond donors (Lipinski definition) is 0. The maximum Gasteiger partial charge on any atom is 0.161 e. The summed E-state index contributed by atoms with van der Waals surface area (Å²) in [5, 5.41) is 0. The summed E-state index contributed by atoms with van der Waals surface area (Å²) in [7, 11) is 3.28. The fraction of sp³-hybridized carbons (Fsp3) is 0.286. The predicted molar refractivity (Wildman–Crippen MR) is 96.7 cm³/mol. The molecule has 0 saturated heterocycles. The number of nitrogens with zero attached hydrogens (tertiary/aromatic N) is 1. The Hall–Kier alpha value is -2.75. The highest BCUT2D eigenvalue weighted by molar-refractivity contribution is 5.99. The number of benzene rings is 2. The number of carbonyl (C=O) groups is 1. The Morgan fingerprint density at radius 3 is 2.48 bits per heavy atom. The molecule has 0 spiro atoms. The normalized spacial score (nSPS) is 19.0. The van der Waals surface area contributed by atoms with Crippen molar-refractivity contribution in [2.75, 3.05) is 20.8 Å². The van der Waals surface area contributed by atoms with Gasteiger partial charge < -0.3 is 14.4 Å². The molecule has 0 N–H and O–H groups in total. The van der Waals surface area contributed by atoms with Crippen LogP contribution in [0.5, 0.6) is 11.5 Å². The summed E-state index contributed by atoms with van der Waals surface area (Å²) in [5.74, 6) is 1.60. The van der Waals surface area contributed by atoms with Gasteiger partial charge in [-0.1, -0.05) is 30.3 Å². The molecule has 0 fully saturated rings. The van der Waals surface area contributed by atoms with E-state index in [2.05, 4.69) is 17.0 Å². The van der Waals surface area contributed by atoms with E-state index >= 15 is 0 Å². The van der Waals surface area contributed by atoms with Crippen LogP contribution in [0.4, 0.5) is 0 Å². The van der Waals surface area contributed by atoms with Crippen molar-refractivity contribution < 1.29 is 14.3 Å². The molecule has 2 heterocycles. The van der Waals surface area contributed by atoms with E-state index in [0.29, 0.717) is 12.2 Å². The lowest BCUT2D eigenvalue weighted by atomic mass is 9.87. The highest BCUT2D eigenvalue weighted by Crippen LogP contribution is 2.43. The topological polar surface area (TPSA) is 38.8 Å². The fourth-order valence-corrected chi connectivity index (χ4v) is 3.85. The predicted octanol–water partition coefficient (Wildman–Crippen LogP) is 3.62. The van der Waals surface area contributed by atoms with Gasteiger partial charge in [-0.2, -0.15) is 0 Å². The van der Waals surface area contributed by atoms with Crippen LogP contribution in [-0.2, 0) is 11.2 Å². The SMILES string of the molecule is COc1cc2c(cc1OC)C1=CC(=O)CC(c3ccccc3)N1CC2. The molecule has 0 amide bonds. The maximum atomic E-state index is 12.4. The van der Waals surface area contributed by atoms with Crippen molar-refractivity contribution in [1.82, 2.24) is 4.90 Å². The van der Waals surface area contributed by atoms with E-state index in [9.17, 15) is 4.79 Å². The number of rotatable bonds is 3. The molecule has 4 rings (SSSR count). The Balaban J connectivity index is 1.80. The van der Waals surface area contributed by atoms with Gasteiger partial charge in [0.1, 0.15) is 0 Å². The largest absolute Gasteiger partial charge is 0.493 e. The summed E-state index contributed by atoms with van der Waals surface area (Å²) in [6.07, 6.45) is 3.23. The first-order chi connectivity index (χ1) is 12.2. The zero-order valence-corrected chi connectivity index (χ0v) is 14.5. The number of ether oxygens (including phenoxy) is 2. The molecule has 1 atom stereocenters. The minimum atomic E-state index is 0.0925. The standard InChI is InChI=1S/C21H21NO3/c1-24-20-10-15-8-9-22-18(14-6-4-3-5-7-14)11-16(23)12-19(22)17(15)13-21(20)25-2/h3-7,10,12-13,18H,8-9,11H2,1-2H3. The average molecular weight is 335 g/mol. The Bertz CT molecular complexity index is 842. The van der Waals surface area contributed by atoms with Crippen molar-refractivity contribution in [2.24, 2.45) is 0 Å². The van der Waals surface area contributed by atoms with E-state index in [1.54, 1.807) is 20.3 Å². The van der Waals surface area contributed by atoms with Gasteiger partial charge in [-0.3, -0.25) is 4.79 Å². The summed E-state index contributed by atoms with van der Waals surface area (Å²) < 4.78 is 10.9. The van der Waals surface area contributed by atoms with Gasteiger partial charge in [-0.15, -0.1) is 0 Å². The second kappa shape index (κ2) is 6.28. The third-order valence-electron chi connectivity index (χ3n) is 5.07. The maximum absolute atomic E-state index is 12.4. The first-order valence-electron chi connectivity index (χ1n) is 8.52. The van der Waals surface area contributed by atoms with Gasteiger partial charge in [-0.25, -0.2) is 0 Å². The number of ketones is 1. The molecule has 2 aliphatic rings. The number of fused-ring (bicyclic) bond motifs is 3. The lowest BCUT2D eigenvalue weighted by Crippen LogP contribution is -2.37. The minimum Gasteiger partial charge on any atom is -0.493 e. The van der Waals surface area contributed by atoms with Gasteiger partial charge in [0.25, 0.3) is 0 Å². The second-order valence-electron chi connectivity index (χ2n) is 6.43. The molecular weight excluding hydrogens is 314 g/mol. The summed E-state index contributed by atoms with van der Waals surface area (Å²) >= 11 is 0. The van der Waals surface area contributed by atoms with Gasteiger partial charge in [0.05, 0.1) is 20.3 Å². The summed E-state index contributed by atoms with van der Waals surface area (Å²) in [4.78, 5) is 14.8. The van der Waals surface area contributed by atoms with Crippen LogP contribution in [0.15, 0.2) is 48.5 Å². The van der Waals surface area contributed by atoms with Crippen LogP contribution < -0.4 is 9.47 Å². The van der Waals surface area contributed by atoms with Gasteiger partial charge >= 0.3 is 0 Å². The lowest BCUT2D eigenvalue weighted by molar-refractivity contribution is -0.116. The molecular formula is C21H21NO3. The van der Waals surface area contributed by atoms with E-state index in [-0.39, 0.29) is 11.8 Å². The molecule has 4 nitrogen and oxygen atoms in total. The molecule has 0 saturated carbocycles. The van der Waals surface area contributed by atoms with Gasteiger partial charge in [-0.05, 0) is 29.7 Å². The summed E-state index contributed by atoms with van der Waals surface area (Å²) in [6, 6.07) is 14.4. The molecule has 0 aromatic heterocycles. The molecule has 0 bridgehead atoms. The highest BCUT2D eigenvalue weighted by atomic mass is 16.5. The van der Waals surface area contributed by atoms with E-state index in [1.807, 2.05) is 30.3 Å². The van der Waals surface area contributed by atoms with Crippen LogP contribution in [0, 0.1) is 0 Å². The third-order valence-corrected chi connectivity index (χ3v) is 5.07. The van der Waals surface area contributed by atoms with Crippen LogP contribution in [-0.4, -0.2) is 31.4 Å². The zero-order valence-electron chi connectivity index (χ0n) is 14.5. The molecule has 1 unspecified atom stereocenters. The highest BCUT2D eigenvalue weighted by Gasteiger charge is 2.34. The van der Waals surface area contributed by atoms with Crippen LogP contribution in [0.1, 0.15) is 29.2 Å². The molecule has 25 heavy (non-hydrogen) atoms. The Morgan fingerprint density at radius 2 is 1.76 bits per heavy atom. The van der Waals surface area contributed by atoms with Crippen molar-refractivity contribution in [3.8, 4) is 11.5 Å². The number of hydrogen-bond acceptors (Lipinski definition) is 4. The molecule has 2 aromatic carbocycles. The smallest absolute Gasteiger partial charge is 0.161 e. The second-order valence-corrected chi connectivity index (χ2v) is 6.43. The molecule has 0 aliphatic carbocycles. The third kappa shape index (κ3) is 2.68. The molecule has 4 heteroatoms. The Morgan fingerprint density at radius 1 is 1.04 bits per heavy atom. The number of carbonyl (C=O) groups excluding carboxylic acids is 1. The monoisotopic (exact) mass is 335 g/mol. The molecule has 2 aliphatic heterocycles. The van der Waals surface area contributed by atoms with Crippen molar-refractivity contribution >= 4 is 11.5 Å². The minimum absolute atomic E-state index is 0.0925. The first-order valence-corrected chi connectivity index (χ1v) is 8.52. The number of allylic oxidation sites excluding steroid dienone is 1. The van der Waals surface area contributed by atoms with Gasteiger partial charge in [0, 0.05) is 30.3 Å². The van der Waals surface area contributed by atoms with Crippen LogP contribution in [0.25, 0.3) is 5.70 Å². The first kappa shape index (κ1) is 15.8. The number of methoxy groups -OCH3 is 2. The van der Waals surface area contributed by atoms with Crippen molar-refractivity contribution in [3.05, 3.63) is 65.2 Å². The van der Waals surface area contributed by atoms with Gasteiger partial charge in [0.2, 0.25) is 0 Å². The average Bonchev–Trinajstić information content (AvgIpc) is 2.66. The van der Waals surface area contributed by atoms with Crippen molar-refractivity contribution in [3.63, 3.8) is 0 Å². The van der Waals surface area contributed by atoms with Crippen molar-refractivity contribution in [2.45, 2.75) is 18.9 Å². The summed E-state index contributed by atoms with van der Waals surface area (Å²) in [5.41, 5.74) is 4.44. The van der Waals surface area contributed by atoms with Crippen LogP contribution in [0.3, 0.4) is 0 Å². The molecule has 128 valence electrons. The Kier molecular flexibility index (Phi) is 3.96. The van der Waals surface area contributed by atoms with Crippen molar-refractivity contribution in [1.29, 1.82) is 0 Å². The van der Waals surface area contributed by atoms with E-state index < -0.39 is 0 Å². The summed E-state index contributed by atoms with van der Waals surface area (Å²) in [6.45, 7) is 0.890. The molecule has 0 radical (unpaired) electrons. The van der Waals surface area contributed by atoms with Crippen LogP contribution >= 0.6 is 0 Å². The van der Waals surface area contributed by atoms with E-state index in [1.165, 1.54) is 11.1 Å².